The summed E-state index contributed by atoms with van der Waals surface area (Å²) in [5.41, 5.74) is 0.654. The Morgan fingerprint density at radius 2 is 2.06 bits per heavy atom. The number of halogens is 1. The molecule has 6 heteroatoms. The second kappa shape index (κ2) is 6.11. The molecule has 1 unspecified atom stereocenters. The summed E-state index contributed by atoms with van der Waals surface area (Å²) in [6, 6.07) is 4.25. The third-order valence-electron chi connectivity index (χ3n) is 2.14. The molecule has 0 aliphatic heterocycles. The largest absolute Gasteiger partial charge is 0.392 e. The average Bonchev–Trinajstić information content (AvgIpc) is 2.29. The lowest BCUT2D eigenvalue weighted by Crippen LogP contribution is -2.38. The van der Waals surface area contributed by atoms with Gasteiger partial charge in [-0.2, -0.15) is 0 Å². The van der Waals surface area contributed by atoms with Crippen LogP contribution in [0.4, 0.5) is 10.1 Å². The van der Waals surface area contributed by atoms with Crippen LogP contribution < -0.4 is 10.6 Å². The molecule has 1 atom stereocenters. The van der Waals surface area contributed by atoms with E-state index in [1.165, 1.54) is 19.1 Å². The Morgan fingerprint density at radius 1 is 1.39 bits per heavy atom. The maximum absolute atomic E-state index is 13.4. The quantitative estimate of drug-likeness (QED) is 0.690. The maximum Gasteiger partial charge on any atom is 0.313 e. The van der Waals surface area contributed by atoms with Crippen LogP contribution in [0.3, 0.4) is 0 Å². The lowest BCUT2D eigenvalue weighted by atomic mass is 10.2. The zero-order chi connectivity index (χ0) is 13.7. The van der Waals surface area contributed by atoms with E-state index in [-0.39, 0.29) is 12.2 Å². The number of carbonyl (C=O) groups is 2. The number of hydrogen-bond acceptors (Lipinski definition) is 3. The number of anilines is 1. The normalized spacial score (nSPS) is 11.8. The fraction of sp³-hybridized carbons (Fsp3) is 0.333. The average molecular weight is 254 g/mol. The number of nitrogens with one attached hydrogen (secondary N) is 2. The SMILES string of the molecule is Cc1ccc(NC(=O)C(=O)NCC(C)O)c(F)c1. The van der Waals surface area contributed by atoms with Crippen molar-refractivity contribution in [3.8, 4) is 0 Å². The standard InChI is InChI=1S/C12H15FN2O3/c1-7-3-4-10(9(13)5-7)15-12(18)11(17)14-6-8(2)16/h3-5,8,16H,6H2,1-2H3,(H,14,17)(H,15,18). The Labute approximate surface area is 104 Å². The summed E-state index contributed by atoms with van der Waals surface area (Å²) in [4.78, 5) is 22.7. The van der Waals surface area contributed by atoms with Crippen LogP contribution in [0.25, 0.3) is 0 Å². The van der Waals surface area contributed by atoms with Crippen molar-refractivity contribution >= 4 is 17.5 Å². The Kier molecular flexibility index (Phi) is 4.79. The van der Waals surface area contributed by atoms with Crippen molar-refractivity contribution in [2.24, 2.45) is 0 Å². The highest BCUT2D eigenvalue weighted by molar-refractivity contribution is 6.39. The molecule has 98 valence electrons. The van der Waals surface area contributed by atoms with E-state index >= 15 is 0 Å². The van der Waals surface area contributed by atoms with E-state index in [1.807, 2.05) is 0 Å². The molecule has 0 saturated heterocycles. The van der Waals surface area contributed by atoms with E-state index in [0.29, 0.717) is 5.56 Å². The molecule has 3 N–H and O–H groups in total. The molecule has 2 amide bonds. The molecule has 0 aliphatic rings. The Hall–Kier alpha value is -1.95. The first-order valence-corrected chi connectivity index (χ1v) is 5.43. The first-order chi connectivity index (χ1) is 8.40. The fourth-order valence-electron chi connectivity index (χ4n) is 1.22. The summed E-state index contributed by atoms with van der Waals surface area (Å²) in [7, 11) is 0. The van der Waals surface area contributed by atoms with Gasteiger partial charge >= 0.3 is 11.8 Å². The van der Waals surface area contributed by atoms with Gasteiger partial charge < -0.3 is 15.7 Å². The molecule has 0 aromatic heterocycles. The van der Waals surface area contributed by atoms with Gasteiger partial charge in [-0.25, -0.2) is 4.39 Å². The highest BCUT2D eigenvalue weighted by Gasteiger charge is 2.15. The third kappa shape index (κ3) is 4.14. The summed E-state index contributed by atoms with van der Waals surface area (Å²) in [5.74, 6) is -2.50. The number of hydrogen-bond donors (Lipinski definition) is 3. The summed E-state index contributed by atoms with van der Waals surface area (Å²) in [6.45, 7) is 3.14. The van der Waals surface area contributed by atoms with Crippen molar-refractivity contribution in [3.63, 3.8) is 0 Å². The first kappa shape index (κ1) is 14.1. The molecule has 1 aromatic carbocycles. The predicted octanol–water partition coefficient (Wildman–Crippen LogP) is 0.570. The van der Waals surface area contributed by atoms with Crippen molar-refractivity contribution in [2.45, 2.75) is 20.0 Å². The lowest BCUT2D eigenvalue weighted by Gasteiger charge is -2.08. The van der Waals surface area contributed by atoms with Gasteiger partial charge in [-0.1, -0.05) is 6.07 Å². The zero-order valence-corrected chi connectivity index (χ0v) is 10.2. The summed E-state index contributed by atoms with van der Waals surface area (Å²) < 4.78 is 13.4. The van der Waals surface area contributed by atoms with Crippen molar-refractivity contribution < 1.29 is 19.1 Å². The number of amides is 2. The van der Waals surface area contributed by atoms with Crippen molar-refractivity contribution in [3.05, 3.63) is 29.6 Å². The van der Waals surface area contributed by atoms with Crippen molar-refractivity contribution in [2.75, 3.05) is 11.9 Å². The molecule has 1 rings (SSSR count). The van der Waals surface area contributed by atoms with Gasteiger partial charge in [0.2, 0.25) is 0 Å². The van der Waals surface area contributed by atoms with E-state index in [9.17, 15) is 14.0 Å². The molecular formula is C12H15FN2O3. The van der Waals surface area contributed by atoms with Crippen LogP contribution in [-0.4, -0.2) is 29.6 Å². The first-order valence-electron chi connectivity index (χ1n) is 5.43. The monoisotopic (exact) mass is 254 g/mol. The number of carbonyl (C=O) groups excluding carboxylic acids is 2. The summed E-state index contributed by atoms with van der Waals surface area (Å²) in [5, 5.41) is 13.3. The maximum atomic E-state index is 13.4. The van der Waals surface area contributed by atoms with Gasteiger partial charge in [0.15, 0.2) is 0 Å². The van der Waals surface area contributed by atoms with Crippen LogP contribution in [0.5, 0.6) is 0 Å². The van der Waals surface area contributed by atoms with Gasteiger partial charge in [-0.05, 0) is 31.5 Å². The molecule has 0 heterocycles. The van der Waals surface area contributed by atoms with Gasteiger partial charge in [0.1, 0.15) is 5.82 Å². The second-order valence-electron chi connectivity index (χ2n) is 4.00. The van der Waals surface area contributed by atoms with Crippen molar-refractivity contribution in [1.82, 2.24) is 5.32 Å². The van der Waals surface area contributed by atoms with Gasteiger partial charge in [0.25, 0.3) is 0 Å². The van der Waals surface area contributed by atoms with Crippen LogP contribution in [-0.2, 0) is 9.59 Å². The fourth-order valence-corrected chi connectivity index (χ4v) is 1.22. The molecule has 1 aromatic rings. The van der Waals surface area contributed by atoms with E-state index in [0.717, 1.165) is 0 Å². The smallest absolute Gasteiger partial charge is 0.313 e. The molecule has 0 radical (unpaired) electrons. The molecule has 0 fully saturated rings. The van der Waals surface area contributed by atoms with Crippen molar-refractivity contribution in [1.29, 1.82) is 0 Å². The highest BCUT2D eigenvalue weighted by Crippen LogP contribution is 2.14. The van der Waals surface area contributed by atoms with E-state index < -0.39 is 23.7 Å². The van der Waals surface area contributed by atoms with Crippen LogP contribution in [0.1, 0.15) is 12.5 Å². The number of aliphatic hydroxyl groups is 1. The van der Waals surface area contributed by atoms with Crippen LogP contribution in [0.2, 0.25) is 0 Å². The van der Waals surface area contributed by atoms with E-state index in [4.69, 9.17) is 5.11 Å². The summed E-state index contributed by atoms with van der Waals surface area (Å²) >= 11 is 0. The number of aliphatic hydroxyl groups excluding tert-OH is 1. The van der Waals surface area contributed by atoms with E-state index in [2.05, 4.69) is 10.6 Å². The topological polar surface area (TPSA) is 78.4 Å². The number of aryl methyl sites for hydroxylation is 1. The zero-order valence-electron chi connectivity index (χ0n) is 10.2. The minimum absolute atomic E-state index is 0.0391. The Balaban J connectivity index is 2.61. The predicted molar refractivity (Wildman–Crippen MR) is 64.5 cm³/mol. The van der Waals surface area contributed by atoms with E-state index in [1.54, 1.807) is 13.0 Å². The van der Waals surface area contributed by atoms with Crippen LogP contribution in [0, 0.1) is 12.7 Å². The Bertz CT molecular complexity index is 461. The molecular weight excluding hydrogens is 239 g/mol. The minimum Gasteiger partial charge on any atom is -0.392 e. The Morgan fingerprint density at radius 3 is 2.61 bits per heavy atom. The minimum atomic E-state index is -0.974. The van der Waals surface area contributed by atoms with Gasteiger partial charge in [-0.15, -0.1) is 0 Å². The molecule has 18 heavy (non-hydrogen) atoms. The molecule has 0 saturated carbocycles. The second-order valence-corrected chi connectivity index (χ2v) is 4.00. The molecule has 0 spiro atoms. The third-order valence-corrected chi connectivity index (χ3v) is 2.14. The number of rotatable bonds is 3. The van der Waals surface area contributed by atoms with Crippen LogP contribution in [0.15, 0.2) is 18.2 Å². The highest BCUT2D eigenvalue weighted by atomic mass is 19.1. The summed E-state index contributed by atoms with van der Waals surface area (Å²) in [6.07, 6.45) is -0.752. The molecule has 0 bridgehead atoms. The van der Waals surface area contributed by atoms with Gasteiger partial charge in [0.05, 0.1) is 11.8 Å². The molecule has 5 nitrogen and oxygen atoms in total. The lowest BCUT2D eigenvalue weighted by molar-refractivity contribution is -0.136. The molecule has 0 aliphatic carbocycles. The number of benzene rings is 1. The van der Waals surface area contributed by atoms with Crippen LogP contribution >= 0.6 is 0 Å². The van der Waals surface area contributed by atoms with Gasteiger partial charge in [-0.3, -0.25) is 9.59 Å². The van der Waals surface area contributed by atoms with Gasteiger partial charge in [0, 0.05) is 6.54 Å².